The van der Waals surface area contributed by atoms with Crippen LogP contribution in [-0.2, 0) is 6.42 Å². The van der Waals surface area contributed by atoms with E-state index >= 15 is 0 Å². The molecule has 8 heteroatoms. The van der Waals surface area contributed by atoms with Gasteiger partial charge in [0.2, 0.25) is 0 Å². The third-order valence-corrected chi connectivity index (χ3v) is 4.15. The minimum absolute atomic E-state index is 0.207. The van der Waals surface area contributed by atoms with E-state index in [4.69, 9.17) is 23.2 Å². The largest absolute Gasteiger partial charge is 0.573 e. The molecule has 0 spiro atoms. The number of halogens is 5. The maximum Gasteiger partial charge on any atom is 0.573 e. The summed E-state index contributed by atoms with van der Waals surface area (Å²) in [5.74, 6) is -0.308. The fourth-order valence-electron chi connectivity index (χ4n) is 1.74. The van der Waals surface area contributed by atoms with Crippen LogP contribution in [0.5, 0.6) is 5.75 Å². The van der Waals surface area contributed by atoms with E-state index in [1.165, 1.54) is 24.3 Å². The summed E-state index contributed by atoms with van der Waals surface area (Å²) in [6.45, 7) is 0. The van der Waals surface area contributed by atoms with Crippen molar-refractivity contribution >= 4 is 34.5 Å². The average molecular weight is 357 g/mol. The molecule has 114 valence electrons. The molecule has 1 N–H and O–H groups in total. The summed E-state index contributed by atoms with van der Waals surface area (Å²) in [4.78, 5) is 0. The first-order valence-corrected chi connectivity index (χ1v) is 7.29. The van der Waals surface area contributed by atoms with Gasteiger partial charge in [-0.15, -0.1) is 24.5 Å². The Morgan fingerprint density at radius 2 is 1.81 bits per heavy atom. The molecule has 0 fully saturated rings. The van der Waals surface area contributed by atoms with E-state index in [0.717, 1.165) is 11.3 Å². The fourth-order valence-corrected chi connectivity index (χ4v) is 3.31. The normalized spacial score (nSPS) is 13.2. The second-order valence-corrected chi connectivity index (χ2v) is 6.48. The highest BCUT2D eigenvalue weighted by Crippen LogP contribution is 2.36. The van der Waals surface area contributed by atoms with Crippen LogP contribution in [0.3, 0.4) is 0 Å². The Balaban J connectivity index is 2.05. The van der Waals surface area contributed by atoms with Crippen molar-refractivity contribution in [1.29, 1.82) is 0 Å². The minimum atomic E-state index is -4.72. The summed E-state index contributed by atoms with van der Waals surface area (Å²) in [5, 5.41) is 10.1. The highest BCUT2D eigenvalue weighted by Gasteiger charge is 2.31. The van der Waals surface area contributed by atoms with Gasteiger partial charge in [-0.3, -0.25) is 0 Å². The van der Waals surface area contributed by atoms with Crippen LogP contribution in [0, 0.1) is 0 Å². The van der Waals surface area contributed by atoms with Crippen LogP contribution in [0.15, 0.2) is 30.3 Å². The van der Waals surface area contributed by atoms with Crippen LogP contribution in [0.2, 0.25) is 8.67 Å². The molecule has 2 aromatic rings. The number of aliphatic hydroxyl groups is 1. The monoisotopic (exact) mass is 356 g/mol. The van der Waals surface area contributed by atoms with E-state index in [0.29, 0.717) is 19.8 Å². The van der Waals surface area contributed by atoms with Gasteiger partial charge < -0.3 is 9.84 Å². The number of rotatable bonds is 4. The Morgan fingerprint density at radius 1 is 1.19 bits per heavy atom. The van der Waals surface area contributed by atoms with Crippen LogP contribution in [0.1, 0.15) is 17.2 Å². The third-order valence-electron chi connectivity index (χ3n) is 2.63. The van der Waals surface area contributed by atoms with Gasteiger partial charge >= 0.3 is 6.36 Å². The first-order chi connectivity index (χ1) is 9.74. The van der Waals surface area contributed by atoms with Crippen molar-refractivity contribution in [3.8, 4) is 5.75 Å². The summed E-state index contributed by atoms with van der Waals surface area (Å²) in [5.41, 5.74) is 1.15. The van der Waals surface area contributed by atoms with Crippen molar-refractivity contribution in [2.75, 3.05) is 0 Å². The third kappa shape index (κ3) is 4.78. The van der Waals surface area contributed by atoms with Gasteiger partial charge in [-0.1, -0.05) is 35.3 Å². The molecule has 0 radical (unpaired) electrons. The van der Waals surface area contributed by atoms with E-state index in [2.05, 4.69) is 4.74 Å². The maximum absolute atomic E-state index is 12.0. The summed E-state index contributed by atoms with van der Waals surface area (Å²) in [7, 11) is 0. The summed E-state index contributed by atoms with van der Waals surface area (Å²) >= 11 is 12.9. The van der Waals surface area contributed by atoms with Crippen LogP contribution in [0.4, 0.5) is 13.2 Å². The summed E-state index contributed by atoms with van der Waals surface area (Å²) < 4.78 is 40.7. The van der Waals surface area contributed by atoms with Gasteiger partial charge in [0.05, 0.1) is 10.4 Å². The van der Waals surface area contributed by atoms with Crippen LogP contribution >= 0.6 is 34.5 Å². The molecule has 0 saturated heterocycles. The lowest BCUT2D eigenvalue weighted by Crippen LogP contribution is -2.17. The molecule has 2 nitrogen and oxygen atoms in total. The molecule has 0 amide bonds. The van der Waals surface area contributed by atoms with Gasteiger partial charge in [0.15, 0.2) is 0 Å². The number of aliphatic hydroxyl groups excluding tert-OH is 1. The zero-order chi connectivity index (χ0) is 15.6. The van der Waals surface area contributed by atoms with E-state index in [-0.39, 0.29) is 12.2 Å². The highest BCUT2D eigenvalue weighted by molar-refractivity contribution is 7.20. The van der Waals surface area contributed by atoms with E-state index in [9.17, 15) is 18.3 Å². The van der Waals surface area contributed by atoms with Crippen LogP contribution in [0.25, 0.3) is 0 Å². The van der Waals surface area contributed by atoms with Crippen molar-refractivity contribution in [3.63, 3.8) is 0 Å². The first kappa shape index (κ1) is 16.4. The smallest absolute Gasteiger partial charge is 0.406 e. The predicted octanol–water partition coefficient (Wildman–Crippen LogP) is 5.23. The Kier molecular flexibility index (Phi) is 5.03. The van der Waals surface area contributed by atoms with Crippen molar-refractivity contribution in [2.24, 2.45) is 0 Å². The quantitative estimate of drug-likeness (QED) is 0.812. The molecule has 1 atom stereocenters. The molecule has 1 unspecified atom stereocenters. The molecular weight excluding hydrogens is 348 g/mol. The average Bonchev–Trinajstić information content (AvgIpc) is 2.69. The predicted molar refractivity (Wildman–Crippen MR) is 76.1 cm³/mol. The molecule has 0 bridgehead atoms. The van der Waals surface area contributed by atoms with Gasteiger partial charge in [0.25, 0.3) is 0 Å². The first-order valence-electron chi connectivity index (χ1n) is 5.72. The number of hydrogen-bond acceptors (Lipinski definition) is 3. The highest BCUT2D eigenvalue weighted by atomic mass is 35.5. The maximum atomic E-state index is 12.0. The van der Waals surface area contributed by atoms with Crippen LogP contribution in [-0.4, -0.2) is 11.5 Å². The SMILES string of the molecule is OC(Cc1ccc(OC(F)(F)F)cc1)c1cc(Cl)sc1Cl. The molecule has 0 saturated carbocycles. The minimum Gasteiger partial charge on any atom is -0.406 e. The Hall–Kier alpha value is -0.950. The van der Waals surface area contributed by atoms with Gasteiger partial charge in [-0.05, 0) is 23.8 Å². The second kappa shape index (κ2) is 6.44. The molecule has 0 aliphatic carbocycles. The molecule has 0 aliphatic heterocycles. The lowest BCUT2D eigenvalue weighted by atomic mass is 10.0. The lowest BCUT2D eigenvalue weighted by Gasteiger charge is -2.12. The molecule has 1 aromatic heterocycles. The van der Waals surface area contributed by atoms with E-state index in [1.54, 1.807) is 6.07 Å². The molecule has 21 heavy (non-hydrogen) atoms. The Bertz CT molecular complexity index is 611. The van der Waals surface area contributed by atoms with Crippen LogP contribution < -0.4 is 4.74 Å². The van der Waals surface area contributed by atoms with Gasteiger partial charge in [0.1, 0.15) is 10.1 Å². The lowest BCUT2D eigenvalue weighted by molar-refractivity contribution is -0.274. The van der Waals surface area contributed by atoms with Crippen molar-refractivity contribution < 1.29 is 23.0 Å². The van der Waals surface area contributed by atoms with Crippen molar-refractivity contribution in [2.45, 2.75) is 18.9 Å². The Labute approximate surface area is 132 Å². The summed E-state index contributed by atoms with van der Waals surface area (Å²) in [6, 6.07) is 6.86. The molecule has 1 heterocycles. The van der Waals surface area contributed by atoms with Crippen molar-refractivity contribution in [1.82, 2.24) is 0 Å². The van der Waals surface area contributed by atoms with Gasteiger partial charge in [0, 0.05) is 12.0 Å². The zero-order valence-electron chi connectivity index (χ0n) is 10.3. The molecule has 0 aliphatic rings. The number of alkyl halides is 3. The molecular formula is C13H9Cl2F3O2S. The van der Waals surface area contributed by atoms with Crippen molar-refractivity contribution in [3.05, 3.63) is 50.1 Å². The topological polar surface area (TPSA) is 29.5 Å². The number of ether oxygens (including phenoxy) is 1. The Morgan fingerprint density at radius 3 is 2.29 bits per heavy atom. The number of hydrogen-bond donors (Lipinski definition) is 1. The summed E-state index contributed by atoms with van der Waals surface area (Å²) in [6.07, 6.45) is -5.39. The standard InChI is InChI=1S/C13H9Cl2F3O2S/c14-11-6-9(12(15)21-11)10(19)5-7-1-3-8(4-2-7)20-13(16,17)18/h1-4,6,10,19H,5H2. The van der Waals surface area contributed by atoms with Gasteiger partial charge in [-0.2, -0.15) is 0 Å². The zero-order valence-corrected chi connectivity index (χ0v) is 12.7. The fraction of sp³-hybridized carbons (Fsp3) is 0.231. The number of thiophene rings is 1. The number of benzene rings is 1. The molecule has 2 rings (SSSR count). The van der Waals surface area contributed by atoms with Gasteiger partial charge in [-0.25, -0.2) is 0 Å². The van der Waals surface area contributed by atoms with E-state index in [1.807, 2.05) is 0 Å². The van der Waals surface area contributed by atoms with E-state index < -0.39 is 12.5 Å². The molecule has 1 aromatic carbocycles. The second-order valence-electron chi connectivity index (χ2n) is 4.19.